The van der Waals surface area contributed by atoms with E-state index < -0.39 is 0 Å². The molecule has 0 N–H and O–H groups in total. The van der Waals surface area contributed by atoms with Gasteiger partial charge in [0, 0.05) is 56.5 Å². The third kappa shape index (κ3) is 4.19. The fourth-order valence-electron chi connectivity index (χ4n) is 8.22. The van der Waals surface area contributed by atoms with Crippen LogP contribution in [-0.4, -0.2) is 45.2 Å². The van der Waals surface area contributed by atoms with Crippen LogP contribution in [0.1, 0.15) is 75.3 Å². The maximum Gasteiger partial charge on any atom is 0.0424 e. The number of nitrogens with zero attached hydrogens (tertiary/aromatic N) is 2. The van der Waals surface area contributed by atoms with Gasteiger partial charge in [-0.25, -0.2) is 0 Å². The molecular weight excluding hydrogens is 477 g/mol. The first kappa shape index (κ1) is 23.8. The molecule has 8 atom stereocenters. The minimum atomic E-state index is 0.686. The van der Waals surface area contributed by atoms with E-state index in [1.54, 1.807) is 0 Å². The minimum absolute atomic E-state index is 0.686. The van der Waals surface area contributed by atoms with E-state index in [0.717, 1.165) is 33.1 Å². The Morgan fingerprint density at radius 1 is 0.500 bits per heavy atom. The zero-order valence-electron chi connectivity index (χ0n) is 22.0. The van der Waals surface area contributed by atoms with Crippen molar-refractivity contribution in [2.75, 3.05) is 9.80 Å². The van der Waals surface area contributed by atoms with Crippen LogP contribution in [0.2, 0.25) is 0 Å². The van der Waals surface area contributed by atoms with Crippen LogP contribution in [-0.2, 0) is 0 Å². The van der Waals surface area contributed by atoms with Crippen molar-refractivity contribution < 1.29 is 0 Å². The van der Waals surface area contributed by atoms with Crippen molar-refractivity contribution in [2.24, 2.45) is 0 Å². The molecular formula is C32H42N2S2. The first-order chi connectivity index (χ1) is 17.7. The Kier molecular flexibility index (Phi) is 6.49. The molecule has 2 aromatic rings. The third-order valence-corrected chi connectivity index (χ3v) is 13.4. The highest BCUT2D eigenvalue weighted by Gasteiger charge is 2.53. The Hall–Kier alpha value is -1.26. The Morgan fingerprint density at radius 3 is 1.31 bits per heavy atom. The lowest BCUT2D eigenvalue weighted by molar-refractivity contribution is 0.287. The lowest BCUT2D eigenvalue weighted by atomic mass is 9.82. The SMILES string of the molecule is Cc1ccc(N2C3CCCCC3SC3CC4C(CC32)SC2CCCCC2N4c2ccc(C)cc2)cc1. The number of rotatable bonds is 2. The maximum atomic E-state index is 2.96. The minimum Gasteiger partial charge on any atom is -0.363 e. The van der Waals surface area contributed by atoms with Crippen molar-refractivity contribution in [3.63, 3.8) is 0 Å². The van der Waals surface area contributed by atoms with E-state index in [1.165, 1.54) is 86.7 Å². The molecule has 2 aliphatic heterocycles. The fraction of sp³-hybridized carbons (Fsp3) is 0.625. The summed E-state index contributed by atoms with van der Waals surface area (Å²) >= 11 is 4.82. The molecule has 2 aromatic carbocycles. The quantitative estimate of drug-likeness (QED) is 0.397. The molecule has 0 radical (unpaired) electrons. The molecule has 0 amide bonds. The maximum absolute atomic E-state index is 2.96. The second kappa shape index (κ2) is 9.80. The van der Waals surface area contributed by atoms with Crippen molar-refractivity contribution >= 4 is 34.9 Å². The van der Waals surface area contributed by atoms with E-state index in [-0.39, 0.29) is 0 Å². The van der Waals surface area contributed by atoms with Crippen LogP contribution < -0.4 is 9.80 Å². The second-order valence-corrected chi connectivity index (χ2v) is 15.2. The highest BCUT2D eigenvalue weighted by molar-refractivity contribution is 8.01. The van der Waals surface area contributed by atoms with E-state index in [0.29, 0.717) is 12.1 Å². The molecule has 2 saturated heterocycles. The van der Waals surface area contributed by atoms with Gasteiger partial charge in [-0.3, -0.25) is 0 Å². The van der Waals surface area contributed by atoms with Gasteiger partial charge >= 0.3 is 0 Å². The van der Waals surface area contributed by atoms with E-state index in [4.69, 9.17) is 0 Å². The van der Waals surface area contributed by atoms with Crippen molar-refractivity contribution in [3.8, 4) is 0 Å². The van der Waals surface area contributed by atoms with Crippen molar-refractivity contribution in [3.05, 3.63) is 59.7 Å². The number of anilines is 2. The van der Waals surface area contributed by atoms with Gasteiger partial charge in [-0.2, -0.15) is 23.5 Å². The number of aryl methyl sites for hydroxylation is 2. The van der Waals surface area contributed by atoms with Gasteiger partial charge in [0.2, 0.25) is 0 Å². The summed E-state index contributed by atoms with van der Waals surface area (Å²) < 4.78 is 0. The molecule has 3 aliphatic carbocycles. The summed E-state index contributed by atoms with van der Waals surface area (Å²) in [6.45, 7) is 4.46. The van der Waals surface area contributed by atoms with Crippen molar-refractivity contribution in [2.45, 2.75) is 123 Å². The van der Waals surface area contributed by atoms with Crippen LogP contribution >= 0.6 is 23.5 Å². The zero-order chi connectivity index (χ0) is 24.2. The summed E-state index contributed by atoms with van der Waals surface area (Å²) in [7, 11) is 0. The normalized spacial score (nSPS) is 37.9. The van der Waals surface area contributed by atoms with Gasteiger partial charge in [-0.15, -0.1) is 0 Å². The van der Waals surface area contributed by atoms with Gasteiger partial charge in [-0.1, -0.05) is 61.1 Å². The summed E-state index contributed by atoms with van der Waals surface area (Å²) in [6, 6.07) is 21.9. The van der Waals surface area contributed by atoms with Crippen LogP contribution in [0, 0.1) is 13.8 Å². The van der Waals surface area contributed by atoms with Gasteiger partial charge in [0.1, 0.15) is 0 Å². The third-order valence-electron chi connectivity index (χ3n) is 9.93. The zero-order valence-corrected chi connectivity index (χ0v) is 23.7. The van der Waals surface area contributed by atoms with Crippen LogP contribution in [0.3, 0.4) is 0 Å². The average molecular weight is 519 g/mol. The predicted molar refractivity (Wildman–Crippen MR) is 159 cm³/mol. The van der Waals surface area contributed by atoms with E-state index >= 15 is 0 Å². The van der Waals surface area contributed by atoms with Gasteiger partial charge in [0.05, 0.1) is 0 Å². The van der Waals surface area contributed by atoms with Gasteiger partial charge < -0.3 is 9.80 Å². The molecule has 3 saturated carbocycles. The molecule has 192 valence electrons. The summed E-state index contributed by atoms with van der Waals surface area (Å²) in [5.74, 6) is 0. The topological polar surface area (TPSA) is 6.48 Å². The van der Waals surface area contributed by atoms with E-state index in [9.17, 15) is 0 Å². The first-order valence-corrected chi connectivity index (χ1v) is 16.6. The van der Waals surface area contributed by atoms with Gasteiger partial charge in [0.15, 0.2) is 0 Å². The molecule has 0 bridgehead atoms. The summed E-state index contributed by atoms with van der Waals surface area (Å²) in [6.07, 6.45) is 14.0. The molecule has 2 heterocycles. The number of benzene rings is 2. The number of hydrogen-bond donors (Lipinski definition) is 0. The van der Waals surface area contributed by atoms with Crippen LogP contribution in [0.25, 0.3) is 0 Å². The Balaban J connectivity index is 1.25. The lowest BCUT2D eigenvalue weighted by Crippen LogP contribution is -2.67. The van der Waals surface area contributed by atoms with Crippen LogP contribution in [0.4, 0.5) is 11.4 Å². The summed E-state index contributed by atoms with van der Waals surface area (Å²) in [5, 5.41) is 3.12. The highest BCUT2D eigenvalue weighted by atomic mass is 32.2. The molecule has 5 aliphatic rings. The number of fused-ring (bicyclic) bond motifs is 4. The standard InChI is InChI=1S/C32H42N2S2/c1-21-11-15-23(16-12-21)33-25-7-3-5-9-29(25)35-31-20-28-32(19-27(31)33)36-30-10-6-4-8-26(30)34(28)24-17-13-22(2)14-18-24/h11-18,25-32H,3-10,19-20H2,1-2H3. The number of thioether (sulfide) groups is 2. The fourth-order valence-corrected chi connectivity index (χ4v) is 12.1. The Labute approximate surface area is 227 Å². The molecule has 2 nitrogen and oxygen atoms in total. The smallest absolute Gasteiger partial charge is 0.0424 e. The molecule has 5 fully saturated rings. The summed E-state index contributed by atoms with van der Waals surface area (Å²) in [5.41, 5.74) is 5.76. The highest BCUT2D eigenvalue weighted by Crippen LogP contribution is 2.54. The monoisotopic (exact) mass is 518 g/mol. The molecule has 7 rings (SSSR count). The average Bonchev–Trinajstić information content (AvgIpc) is 2.91. The molecule has 0 aromatic heterocycles. The summed E-state index contributed by atoms with van der Waals surface area (Å²) in [4.78, 5) is 5.93. The largest absolute Gasteiger partial charge is 0.363 e. The lowest BCUT2D eigenvalue weighted by Gasteiger charge is -2.61. The predicted octanol–water partition coefficient (Wildman–Crippen LogP) is 8.00. The Morgan fingerprint density at radius 2 is 0.889 bits per heavy atom. The van der Waals surface area contributed by atoms with Crippen LogP contribution in [0.15, 0.2) is 48.5 Å². The molecule has 4 heteroatoms. The van der Waals surface area contributed by atoms with Gasteiger partial charge in [0.25, 0.3) is 0 Å². The van der Waals surface area contributed by atoms with E-state index in [2.05, 4.69) is 95.7 Å². The van der Waals surface area contributed by atoms with Crippen molar-refractivity contribution in [1.82, 2.24) is 0 Å². The molecule has 36 heavy (non-hydrogen) atoms. The van der Waals surface area contributed by atoms with Crippen molar-refractivity contribution in [1.29, 1.82) is 0 Å². The first-order valence-electron chi connectivity index (χ1n) is 14.7. The van der Waals surface area contributed by atoms with Crippen LogP contribution in [0.5, 0.6) is 0 Å². The molecule has 0 spiro atoms. The Bertz CT molecular complexity index is 967. The number of hydrogen-bond acceptors (Lipinski definition) is 4. The van der Waals surface area contributed by atoms with E-state index in [1.807, 2.05) is 0 Å². The van der Waals surface area contributed by atoms with Gasteiger partial charge in [-0.05, 0) is 76.6 Å². The molecule has 8 unspecified atom stereocenters. The second-order valence-electron chi connectivity index (χ2n) is 12.2.